The number of aryl methyl sites for hydroxylation is 1. The van der Waals surface area contributed by atoms with Gasteiger partial charge < -0.3 is 4.74 Å². The minimum Gasteiger partial charge on any atom is -0.376 e. The Morgan fingerprint density at radius 1 is 1.30 bits per heavy atom. The molecule has 1 aromatic heterocycles. The van der Waals surface area contributed by atoms with Gasteiger partial charge in [-0.3, -0.25) is 9.69 Å². The normalized spacial score (nSPS) is 16.8. The standard InChI is InChI=1S/C21H21ClN2O4S2/c1-13-16(22)9-10-17-19(13)23-21(29-17)24(12-14-6-5-11-28-14)20(25)15-7-3-4-8-18(15)30(2,26)27/h3-4,7-10,14H,5-6,11-12H2,1-2H3. The van der Waals surface area contributed by atoms with Gasteiger partial charge in [0, 0.05) is 17.9 Å². The largest absolute Gasteiger partial charge is 0.376 e. The number of rotatable bonds is 5. The zero-order chi connectivity index (χ0) is 21.5. The molecule has 3 aromatic rings. The molecule has 1 aliphatic rings. The number of fused-ring (bicyclic) bond motifs is 1. The maximum Gasteiger partial charge on any atom is 0.261 e. The van der Waals surface area contributed by atoms with Crippen LogP contribution in [-0.2, 0) is 14.6 Å². The van der Waals surface area contributed by atoms with Crippen LogP contribution in [0.4, 0.5) is 5.13 Å². The van der Waals surface area contributed by atoms with Crippen LogP contribution in [0.5, 0.6) is 0 Å². The van der Waals surface area contributed by atoms with Crippen LogP contribution in [0, 0.1) is 6.92 Å². The summed E-state index contributed by atoms with van der Waals surface area (Å²) in [6.45, 7) is 2.85. The number of hydrogen-bond donors (Lipinski definition) is 0. The second kappa shape index (κ2) is 8.26. The van der Waals surface area contributed by atoms with Gasteiger partial charge in [-0.05, 0) is 49.6 Å². The van der Waals surface area contributed by atoms with E-state index in [0.717, 1.165) is 34.9 Å². The molecular weight excluding hydrogens is 444 g/mol. The third kappa shape index (κ3) is 4.09. The molecule has 0 bridgehead atoms. The third-order valence-corrected chi connectivity index (χ3v) is 7.75. The van der Waals surface area contributed by atoms with Crippen molar-refractivity contribution in [2.75, 3.05) is 24.3 Å². The topological polar surface area (TPSA) is 76.6 Å². The Morgan fingerprint density at radius 2 is 2.07 bits per heavy atom. The molecule has 2 aromatic carbocycles. The number of nitrogens with zero attached hydrogens (tertiary/aromatic N) is 2. The maximum atomic E-state index is 13.6. The average Bonchev–Trinajstić information content (AvgIpc) is 3.38. The second-order valence-corrected chi connectivity index (χ2v) is 10.7. The summed E-state index contributed by atoms with van der Waals surface area (Å²) in [6.07, 6.45) is 2.76. The molecule has 2 heterocycles. The van der Waals surface area contributed by atoms with Crippen molar-refractivity contribution in [2.45, 2.75) is 30.8 Å². The minimum atomic E-state index is -3.57. The summed E-state index contributed by atoms with van der Waals surface area (Å²) in [7, 11) is -3.57. The van der Waals surface area contributed by atoms with Gasteiger partial charge in [-0.15, -0.1) is 0 Å². The molecular formula is C21H21ClN2O4S2. The van der Waals surface area contributed by atoms with E-state index in [4.69, 9.17) is 16.3 Å². The van der Waals surface area contributed by atoms with Gasteiger partial charge in [0.15, 0.2) is 15.0 Å². The summed E-state index contributed by atoms with van der Waals surface area (Å²) >= 11 is 7.62. The molecule has 1 aliphatic heterocycles. The number of carbonyl (C=O) groups excluding carboxylic acids is 1. The fourth-order valence-corrected chi connectivity index (χ4v) is 5.62. The fourth-order valence-electron chi connectivity index (χ4n) is 3.56. The Kier molecular flexibility index (Phi) is 5.85. The number of amides is 1. The molecule has 1 unspecified atom stereocenters. The molecule has 0 saturated carbocycles. The van der Waals surface area contributed by atoms with Crippen molar-refractivity contribution >= 4 is 54.0 Å². The minimum absolute atomic E-state index is 0.00711. The lowest BCUT2D eigenvalue weighted by Gasteiger charge is -2.24. The molecule has 0 spiro atoms. The van der Waals surface area contributed by atoms with Crippen LogP contribution in [0.2, 0.25) is 5.02 Å². The summed E-state index contributed by atoms with van der Waals surface area (Å²) in [4.78, 5) is 19.8. The fraction of sp³-hybridized carbons (Fsp3) is 0.333. The Balaban J connectivity index is 1.81. The first-order valence-electron chi connectivity index (χ1n) is 9.54. The molecule has 1 fully saturated rings. The summed E-state index contributed by atoms with van der Waals surface area (Å²) in [5.41, 5.74) is 1.72. The van der Waals surface area contributed by atoms with Crippen LogP contribution in [0.3, 0.4) is 0 Å². The van der Waals surface area contributed by atoms with Crippen LogP contribution in [0.15, 0.2) is 41.3 Å². The first-order chi connectivity index (χ1) is 14.3. The van der Waals surface area contributed by atoms with Gasteiger partial charge >= 0.3 is 0 Å². The van der Waals surface area contributed by atoms with Crippen LogP contribution < -0.4 is 4.90 Å². The SMILES string of the molecule is Cc1c(Cl)ccc2sc(N(CC3CCCO3)C(=O)c3ccccc3S(C)(=O)=O)nc12. The van der Waals surface area contributed by atoms with Gasteiger partial charge in [-0.1, -0.05) is 35.1 Å². The van der Waals surface area contributed by atoms with E-state index in [2.05, 4.69) is 4.98 Å². The van der Waals surface area contributed by atoms with Gasteiger partial charge in [0.2, 0.25) is 0 Å². The van der Waals surface area contributed by atoms with Crippen molar-refractivity contribution < 1.29 is 17.9 Å². The van der Waals surface area contributed by atoms with Gasteiger partial charge in [0.25, 0.3) is 5.91 Å². The van der Waals surface area contributed by atoms with Gasteiger partial charge in [0.05, 0.1) is 33.3 Å². The molecule has 0 N–H and O–H groups in total. The Bertz CT molecular complexity index is 1220. The number of hydrogen-bond acceptors (Lipinski definition) is 6. The highest BCUT2D eigenvalue weighted by atomic mass is 35.5. The Hall–Kier alpha value is -2.00. The van der Waals surface area contributed by atoms with Crippen molar-refractivity contribution in [3.63, 3.8) is 0 Å². The second-order valence-electron chi connectivity index (χ2n) is 7.33. The number of aromatic nitrogens is 1. The number of thiazole rings is 1. The van der Waals surface area contributed by atoms with E-state index in [9.17, 15) is 13.2 Å². The summed E-state index contributed by atoms with van der Waals surface area (Å²) in [5.74, 6) is -0.408. The number of halogens is 1. The van der Waals surface area contributed by atoms with Gasteiger partial charge in [0.1, 0.15) is 0 Å². The van der Waals surface area contributed by atoms with E-state index in [1.165, 1.54) is 28.4 Å². The predicted molar refractivity (Wildman–Crippen MR) is 120 cm³/mol. The summed E-state index contributed by atoms with van der Waals surface area (Å²) in [5, 5.41) is 1.11. The first kappa shape index (κ1) is 21.2. The molecule has 6 nitrogen and oxygen atoms in total. The Labute approximate surface area is 184 Å². The molecule has 1 amide bonds. The van der Waals surface area contributed by atoms with E-state index in [0.29, 0.717) is 23.3 Å². The lowest BCUT2D eigenvalue weighted by Crippen LogP contribution is -2.38. The van der Waals surface area contributed by atoms with E-state index in [-0.39, 0.29) is 16.6 Å². The van der Waals surface area contributed by atoms with Crippen LogP contribution in [-0.4, -0.2) is 44.8 Å². The van der Waals surface area contributed by atoms with E-state index in [1.807, 2.05) is 19.1 Å². The maximum absolute atomic E-state index is 13.6. The van der Waals surface area contributed by atoms with Gasteiger partial charge in [-0.25, -0.2) is 13.4 Å². The number of sulfone groups is 1. The van der Waals surface area contributed by atoms with Gasteiger partial charge in [-0.2, -0.15) is 0 Å². The highest BCUT2D eigenvalue weighted by Crippen LogP contribution is 2.35. The number of ether oxygens (including phenoxy) is 1. The number of anilines is 1. The average molecular weight is 465 g/mol. The van der Waals surface area contributed by atoms with E-state index >= 15 is 0 Å². The number of benzene rings is 2. The summed E-state index contributed by atoms with van der Waals surface area (Å²) < 4.78 is 31.2. The smallest absolute Gasteiger partial charge is 0.261 e. The number of carbonyl (C=O) groups is 1. The highest BCUT2D eigenvalue weighted by Gasteiger charge is 2.30. The predicted octanol–water partition coefficient (Wildman–Crippen LogP) is 4.49. The molecule has 0 aliphatic carbocycles. The molecule has 4 rings (SSSR count). The van der Waals surface area contributed by atoms with Crippen LogP contribution >= 0.6 is 22.9 Å². The van der Waals surface area contributed by atoms with E-state index < -0.39 is 15.7 Å². The van der Waals surface area contributed by atoms with Crippen molar-refractivity contribution in [3.05, 3.63) is 52.5 Å². The van der Waals surface area contributed by atoms with Crippen molar-refractivity contribution in [1.29, 1.82) is 0 Å². The van der Waals surface area contributed by atoms with Crippen LogP contribution in [0.25, 0.3) is 10.2 Å². The van der Waals surface area contributed by atoms with Crippen molar-refractivity contribution in [3.8, 4) is 0 Å². The molecule has 1 atom stereocenters. The molecule has 0 radical (unpaired) electrons. The quantitative estimate of drug-likeness (QED) is 0.556. The molecule has 158 valence electrons. The van der Waals surface area contributed by atoms with Crippen LogP contribution in [0.1, 0.15) is 28.8 Å². The van der Waals surface area contributed by atoms with Crippen molar-refractivity contribution in [1.82, 2.24) is 4.98 Å². The Morgan fingerprint density at radius 3 is 2.77 bits per heavy atom. The molecule has 1 saturated heterocycles. The first-order valence-corrected chi connectivity index (χ1v) is 12.6. The van der Waals surface area contributed by atoms with Crippen molar-refractivity contribution in [2.24, 2.45) is 0 Å². The zero-order valence-corrected chi connectivity index (χ0v) is 19.0. The highest BCUT2D eigenvalue weighted by molar-refractivity contribution is 7.90. The third-order valence-electron chi connectivity index (χ3n) is 5.14. The summed E-state index contributed by atoms with van der Waals surface area (Å²) in [6, 6.07) is 9.96. The molecule has 9 heteroatoms. The lowest BCUT2D eigenvalue weighted by molar-refractivity contribution is 0.0915. The monoisotopic (exact) mass is 464 g/mol. The van der Waals surface area contributed by atoms with E-state index in [1.54, 1.807) is 12.1 Å². The molecule has 30 heavy (non-hydrogen) atoms. The lowest BCUT2D eigenvalue weighted by atomic mass is 10.1. The zero-order valence-electron chi connectivity index (χ0n) is 16.6.